The molecule has 0 atom stereocenters. The summed E-state index contributed by atoms with van der Waals surface area (Å²) in [4.78, 5) is 12.4. The van der Waals surface area contributed by atoms with Crippen molar-refractivity contribution in [2.24, 2.45) is 0 Å². The quantitative estimate of drug-likeness (QED) is 0.396. The molecule has 0 unspecified atom stereocenters. The Kier molecular flexibility index (Phi) is 5.36. The first-order valence-electron chi connectivity index (χ1n) is 9.14. The molecule has 9 heteroatoms. The summed E-state index contributed by atoms with van der Waals surface area (Å²) in [6.45, 7) is 1.56. The number of hydrogen-bond donors (Lipinski definition) is 0. The van der Waals surface area contributed by atoms with Crippen LogP contribution in [-0.4, -0.2) is 23.4 Å². The standard InChI is InChI=1S/C22H15ClF2N2O3S/c1-13-5-8-16(24)11-21(13)31(29,30)27-19-9-14(6-7-15(19)12-26-27)10-20(28)22-17(23)3-2-4-18(22)25/h2-9,11-12H,10H2,1H3. The van der Waals surface area contributed by atoms with Crippen LogP contribution in [0.1, 0.15) is 21.5 Å². The van der Waals surface area contributed by atoms with Crippen molar-refractivity contribution in [2.75, 3.05) is 0 Å². The van der Waals surface area contributed by atoms with E-state index in [1.165, 1.54) is 36.5 Å². The highest BCUT2D eigenvalue weighted by molar-refractivity contribution is 7.90. The first-order chi connectivity index (χ1) is 14.7. The van der Waals surface area contributed by atoms with Gasteiger partial charge in [0.25, 0.3) is 10.0 Å². The predicted molar refractivity (Wildman–Crippen MR) is 113 cm³/mol. The number of carbonyl (C=O) groups excluding carboxylic acids is 1. The maximum absolute atomic E-state index is 14.1. The Morgan fingerprint density at radius 1 is 1.10 bits per heavy atom. The number of fused-ring (bicyclic) bond motifs is 1. The number of nitrogens with zero attached hydrogens (tertiary/aromatic N) is 2. The van der Waals surface area contributed by atoms with Gasteiger partial charge in [0.05, 0.1) is 27.2 Å². The minimum Gasteiger partial charge on any atom is -0.294 e. The summed E-state index contributed by atoms with van der Waals surface area (Å²) in [6, 6.07) is 12.2. The molecule has 158 valence electrons. The molecule has 0 spiro atoms. The SMILES string of the molecule is Cc1ccc(F)cc1S(=O)(=O)n1ncc2ccc(CC(=O)c3c(F)cccc3Cl)cc21. The maximum atomic E-state index is 14.1. The molecule has 0 aliphatic carbocycles. The summed E-state index contributed by atoms with van der Waals surface area (Å²) >= 11 is 5.96. The van der Waals surface area contributed by atoms with Crippen LogP contribution in [0.2, 0.25) is 5.02 Å². The van der Waals surface area contributed by atoms with Gasteiger partial charge in [0.2, 0.25) is 0 Å². The molecule has 0 saturated carbocycles. The van der Waals surface area contributed by atoms with Gasteiger partial charge in [-0.05, 0) is 48.4 Å². The van der Waals surface area contributed by atoms with E-state index in [1.807, 2.05) is 0 Å². The van der Waals surface area contributed by atoms with Gasteiger partial charge in [-0.3, -0.25) is 4.79 Å². The van der Waals surface area contributed by atoms with Crippen LogP contribution in [0.15, 0.2) is 65.7 Å². The molecule has 1 aromatic heterocycles. The molecule has 5 nitrogen and oxygen atoms in total. The van der Waals surface area contributed by atoms with E-state index >= 15 is 0 Å². The van der Waals surface area contributed by atoms with E-state index in [-0.39, 0.29) is 27.4 Å². The number of benzene rings is 3. The van der Waals surface area contributed by atoms with E-state index in [0.29, 0.717) is 16.5 Å². The molecule has 0 aliphatic heterocycles. The number of carbonyl (C=O) groups is 1. The predicted octanol–water partition coefficient (Wildman–Crippen LogP) is 4.94. The van der Waals surface area contributed by atoms with E-state index in [1.54, 1.807) is 19.1 Å². The lowest BCUT2D eigenvalue weighted by atomic mass is 10.0. The molecule has 31 heavy (non-hydrogen) atoms. The summed E-state index contributed by atoms with van der Waals surface area (Å²) in [5.41, 5.74) is 0.810. The monoisotopic (exact) mass is 460 g/mol. The number of aryl methyl sites for hydroxylation is 1. The zero-order valence-corrected chi connectivity index (χ0v) is 17.7. The fourth-order valence-electron chi connectivity index (χ4n) is 3.33. The fourth-order valence-corrected chi connectivity index (χ4v) is 5.10. The van der Waals surface area contributed by atoms with E-state index < -0.39 is 27.4 Å². The minimum atomic E-state index is -4.19. The van der Waals surface area contributed by atoms with E-state index in [2.05, 4.69) is 5.10 Å². The van der Waals surface area contributed by atoms with Gasteiger partial charge >= 0.3 is 0 Å². The van der Waals surface area contributed by atoms with Crippen molar-refractivity contribution >= 4 is 38.3 Å². The van der Waals surface area contributed by atoms with Crippen molar-refractivity contribution in [3.8, 4) is 0 Å². The van der Waals surface area contributed by atoms with E-state index in [9.17, 15) is 22.0 Å². The van der Waals surface area contributed by atoms with Gasteiger partial charge in [0, 0.05) is 11.8 Å². The second-order valence-electron chi connectivity index (χ2n) is 6.99. The van der Waals surface area contributed by atoms with Gasteiger partial charge in [-0.25, -0.2) is 8.78 Å². The number of Topliss-reactive ketones (excluding diaryl/α,β-unsaturated/α-hetero) is 1. The topological polar surface area (TPSA) is 69.0 Å². The van der Waals surface area contributed by atoms with Crippen LogP contribution in [0.5, 0.6) is 0 Å². The van der Waals surface area contributed by atoms with Gasteiger partial charge in [-0.15, -0.1) is 0 Å². The lowest BCUT2D eigenvalue weighted by Gasteiger charge is -2.10. The highest BCUT2D eigenvalue weighted by Crippen LogP contribution is 2.26. The van der Waals surface area contributed by atoms with Crippen molar-refractivity contribution in [1.82, 2.24) is 9.19 Å². The third kappa shape index (κ3) is 3.84. The Bertz CT molecular complexity index is 1430. The van der Waals surface area contributed by atoms with Crippen LogP contribution >= 0.6 is 11.6 Å². The third-order valence-corrected chi connectivity index (χ3v) is 6.92. The number of aromatic nitrogens is 2. The van der Waals surface area contributed by atoms with Crippen molar-refractivity contribution < 1.29 is 22.0 Å². The third-order valence-electron chi connectivity index (χ3n) is 4.86. The Hall–Kier alpha value is -3.10. The maximum Gasteiger partial charge on any atom is 0.283 e. The Morgan fingerprint density at radius 3 is 2.61 bits per heavy atom. The number of ketones is 1. The average Bonchev–Trinajstić information content (AvgIpc) is 3.13. The van der Waals surface area contributed by atoms with Crippen molar-refractivity contribution in [3.05, 3.63) is 94.1 Å². The van der Waals surface area contributed by atoms with E-state index in [4.69, 9.17) is 11.6 Å². The molecule has 0 aliphatic rings. The van der Waals surface area contributed by atoms with Crippen LogP contribution in [0.25, 0.3) is 10.9 Å². The van der Waals surface area contributed by atoms with Crippen molar-refractivity contribution in [1.29, 1.82) is 0 Å². The molecule has 0 saturated heterocycles. The Morgan fingerprint density at radius 2 is 1.87 bits per heavy atom. The lowest BCUT2D eigenvalue weighted by Crippen LogP contribution is -2.16. The molecule has 0 amide bonds. The van der Waals surface area contributed by atoms with Crippen LogP contribution in [0, 0.1) is 18.6 Å². The minimum absolute atomic E-state index is 0.000257. The lowest BCUT2D eigenvalue weighted by molar-refractivity contribution is 0.0989. The van der Waals surface area contributed by atoms with Crippen LogP contribution in [0.3, 0.4) is 0 Å². The van der Waals surface area contributed by atoms with Gasteiger partial charge in [-0.1, -0.05) is 35.9 Å². The largest absolute Gasteiger partial charge is 0.294 e. The van der Waals surface area contributed by atoms with Crippen LogP contribution in [-0.2, 0) is 16.4 Å². The van der Waals surface area contributed by atoms with Crippen molar-refractivity contribution in [3.63, 3.8) is 0 Å². The van der Waals surface area contributed by atoms with Gasteiger partial charge < -0.3 is 0 Å². The number of halogens is 3. The second kappa shape index (κ2) is 7.86. The van der Waals surface area contributed by atoms with Crippen LogP contribution < -0.4 is 0 Å². The molecule has 3 aromatic carbocycles. The zero-order chi connectivity index (χ0) is 22.3. The Balaban J connectivity index is 1.76. The van der Waals surface area contributed by atoms with Gasteiger partial charge in [0.1, 0.15) is 11.6 Å². The molecule has 1 heterocycles. The normalized spacial score (nSPS) is 11.7. The Labute approximate surface area is 181 Å². The molecule has 0 radical (unpaired) electrons. The van der Waals surface area contributed by atoms with Crippen LogP contribution in [0.4, 0.5) is 8.78 Å². The number of hydrogen-bond acceptors (Lipinski definition) is 4. The molecule has 4 rings (SSSR count). The molecule has 4 aromatic rings. The molecule has 0 fully saturated rings. The fraction of sp³-hybridized carbons (Fsp3) is 0.0909. The summed E-state index contributed by atoms with van der Waals surface area (Å²) in [6.07, 6.45) is 1.17. The highest BCUT2D eigenvalue weighted by atomic mass is 35.5. The molecule has 0 bridgehead atoms. The average molecular weight is 461 g/mol. The zero-order valence-electron chi connectivity index (χ0n) is 16.1. The molecular formula is C22H15ClF2N2O3S. The first-order valence-corrected chi connectivity index (χ1v) is 11.0. The summed E-state index contributed by atoms with van der Waals surface area (Å²) in [7, 11) is -4.19. The summed E-state index contributed by atoms with van der Waals surface area (Å²) in [5.74, 6) is -1.96. The molecule has 0 N–H and O–H groups in total. The van der Waals surface area contributed by atoms with Crippen molar-refractivity contribution in [2.45, 2.75) is 18.2 Å². The summed E-state index contributed by atoms with van der Waals surface area (Å²) < 4.78 is 54.8. The van der Waals surface area contributed by atoms with Gasteiger partial charge in [0.15, 0.2) is 5.78 Å². The van der Waals surface area contributed by atoms with E-state index in [0.717, 1.165) is 16.2 Å². The summed E-state index contributed by atoms with van der Waals surface area (Å²) in [5, 5.41) is 4.47. The smallest absolute Gasteiger partial charge is 0.283 e. The highest BCUT2D eigenvalue weighted by Gasteiger charge is 2.24. The van der Waals surface area contributed by atoms with Gasteiger partial charge in [-0.2, -0.15) is 17.6 Å². The molecular weight excluding hydrogens is 446 g/mol. The first kappa shape index (κ1) is 21.1. The second-order valence-corrected chi connectivity index (χ2v) is 9.14. The number of rotatable bonds is 5.